The number of halogens is 1. The first-order chi connectivity index (χ1) is 9.06. The summed E-state index contributed by atoms with van der Waals surface area (Å²) in [6, 6.07) is 3.40. The second-order valence-electron chi connectivity index (χ2n) is 4.07. The molecule has 2 atom stereocenters. The summed E-state index contributed by atoms with van der Waals surface area (Å²) in [4.78, 5) is 12.4. The lowest BCUT2D eigenvalue weighted by Gasteiger charge is -2.17. The van der Waals surface area contributed by atoms with E-state index in [0.717, 1.165) is 17.1 Å². The predicted molar refractivity (Wildman–Crippen MR) is 83.3 cm³/mol. The zero-order valence-electron chi connectivity index (χ0n) is 11.0. The molecule has 0 spiro atoms. The van der Waals surface area contributed by atoms with Crippen molar-refractivity contribution in [3.05, 3.63) is 21.3 Å². The van der Waals surface area contributed by atoms with E-state index >= 15 is 0 Å². The SMILES string of the molecule is CCC(CSC)NC(=O)NCC(O)c1ccc(Cl)s1. The number of nitrogens with one attached hydrogen (secondary N) is 2. The highest BCUT2D eigenvalue weighted by atomic mass is 35.5. The monoisotopic (exact) mass is 322 g/mol. The van der Waals surface area contributed by atoms with Crippen molar-refractivity contribution >= 4 is 40.7 Å². The van der Waals surface area contributed by atoms with Gasteiger partial charge < -0.3 is 15.7 Å². The Labute approximate surface area is 126 Å². The molecular formula is C12H19ClN2O2S2. The molecule has 0 aliphatic rings. The van der Waals surface area contributed by atoms with Crippen molar-refractivity contribution in [3.8, 4) is 0 Å². The first-order valence-electron chi connectivity index (χ1n) is 6.03. The Balaban J connectivity index is 2.33. The fourth-order valence-electron chi connectivity index (χ4n) is 1.50. The topological polar surface area (TPSA) is 61.4 Å². The molecule has 19 heavy (non-hydrogen) atoms. The fraction of sp³-hybridized carbons (Fsp3) is 0.583. The molecular weight excluding hydrogens is 304 g/mol. The van der Waals surface area contributed by atoms with Crippen molar-refractivity contribution in [1.82, 2.24) is 10.6 Å². The average molecular weight is 323 g/mol. The molecule has 3 N–H and O–H groups in total. The maximum absolute atomic E-state index is 11.7. The van der Waals surface area contributed by atoms with Crippen molar-refractivity contribution < 1.29 is 9.90 Å². The molecule has 0 fully saturated rings. The first-order valence-corrected chi connectivity index (χ1v) is 8.62. The summed E-state index contributed by atoms with van der Waals surface area (Å²) < 4.78 is 0.629. The van der Waals surface area contributed by atoms with Crippen LogP contribution in [0, 0.1) is 0 Å². The molecule has 0 aromatic carbocycles. The Morgan fingerprint density at radius 2 is 2.32 bits per heavy atom. The number of thiophene rings is 1. The summed E-state index contributed by atoms with van der Waals surface area (Å²) >= 11 is 8.80. The number of thioether (sulfide) groups is 1. The Hall–Kier alpha value is -0.430. The Kier molecular flexibility index (Phi) is 7.60. The number of amides is 2. The van der Waals surface area contributed by atoms with Gasteiger partial charge in [-0.1, -0.05) is 18.5 Å². The van der Waals surface area contributed by atoms with E-state index in [1.54, 1.807) is 23.9 Å². The van der Waals surface area contributed by atoms with Gasteiger partial charge in [-0.2, -0.15) is 11.8 Å². The van der Waals surface area contributed by atoms with Crippen LogP contribution in [-0.2, 0) is 0 Å². The van der Waals surface area contributed by atoms with Crippen molar-refractivity contribution in [2.75, 3.05) is 18.6 Å². The maximum Gasteiger partial charge on any atom is 0.315 e. The summed E-state index contributed by atoms with van der Waals surface area (Å²) in [5, 5.41) is 15.4. The van der Waals surface area contributed by atoms with Gasteiger partial charge in [0.05, 0.1) is 10.9 Å². The predicted octanol–water partition coefficient (Wildman–Crippen LogP) is 2.88. The molecule has 1 rings (SSSR count). The molecule has 0 radical (unpaired) electrons. The standard InChI is InChI=1S/C12H19ClN2O2S2/c1-3-8(7-18-2)15-12(17)14-6-9(16)10-4-5-11(13)19-10/h4-5,8-9,16H,3,6-7H2,1-2H3,(H2,14,15,17). The van der Waals surface area contributed by atoms with Gasteiger partial charge in [0.25, 0.3) is 0 Å². The van der Waals surface area contributed by atoms with Gasteiger partial charge in [0.15, 0.2) is 0 Å². The van der Waals surface area contributed by atoms with Gasteiger partial charge >= 0.3 is 6.03 Å². The van der Waals surface area contributed by atoms with Crippen LogP contribution in [0.2, 0.25) is 4.34 Å². The van der Waals surface area contributed by atoms with Crippen molar-refractivity contribution in [1.29, 1.82) is 0 Å². The number of hydrogen-bond acceptors (Lipinski definition) is 4. The number of aliphatic hydroxyl groups excluding tert-OH is 1. The average Bonchev–Trinajstić information content (AvgIpc) is 2.82. The highest BCUT2D eigenvalue weighted by Gasteiger charge is 2.13. The van der Waals surface area contributed by atoms with Crippen LogP contribution in [0.25, 0.3) is 0 Å². The van der Waals surface area contributed by atoms with Crippen LogP contribution in [0.3, 0.4) is 0 Å². The van der Waals surface area contributed by atoms with Crippen LogP contribution < -0.4 is 10.6 Å². The van der Waals surface area contributed by atoms with E-state index in [0.29, 0.717) is 4.34 Å². The molecule has 108 valence electrons. The Bertz CT molecular complexity index is 401. The van der Waals surface area contributed by atoms with Gasteiger partial charge in [-0.25, -0.2) is 4.79 Å². The molecule has 0 bridgehead atoms. The quantitative estimate of drug-likeness (QED) is 0.723. The van der Waals surface area contributed by atoms with E-state index in [1.165, 1.54) is 11.3 Å². The van der Waals surface area contributed by atoms with Crippen molar-refractivity contribution in [2.45, 2.75) is 25.5 Å². The zero-order valence-corrected chi connectivity index (χ0v) is 13.4. The molecule has 0 saturated carbocycles. The van der Waals surface area contributed by atoms with Crippen LogP contribution in [0.1, 0.15) is 24.3 Å². The first kappa shape index (κ1) is 16.6. The van der Waals surface area contributed by atoms with E-state index < -0.39 is 6.10 Å². The van der Waals surface area contributed by atoms with Crippen LogP contribution in [0.5, 0.6) is 0 Å². The Morgan fingerprint density at radius 1 is 1.58 bits per heavy atom. The molecule has 1 aromatic heterocycles. The third kappa shape index (κ3) is 6.03. The maximum atomic E-state index is 11.7. The number of rotatable bonds is 7. The molecule has 2 unspecified atom stereocenters. The lowest BCUT2D eigenvalue weighted by molar-refractivity contribution is 0.176. The number of aliphatic hydroxyl groups is 1. The number of carbonyl (C=O) groups excluding carboxylic acids is 1. The normalized spacial score (nSPS) is 13.9. The highest BCUT2D eigenvalue weighted by Crippen LogP contribution is 2.26. The van der Waals surface area contributed by atoms with Crippen LogP contribution in [0.15, 0.2) is 12.1 Å². The third-order valence-corrected chi connectivity index (χ3v) is 4.64. The molecule has 2 amide bonds. The fourth-order valence-corrected chi connectivity index (χ4v) is 3.26. The summed E-state index contributed by atoms with van der Waals surface area (Å²) in [6.07, 6.45) is 2.17. The largest absolute Gasteiger partial charge is 0.386 e. The number of carbonyl (C=O) groups is 1. The number of urea groups is 1. The minimum absolute atomic E-state index is 0.156. The molecule has 7 heteroatoms. The van der Waals surface area contributed by atoms with Gasteiger partial charge in [0, 0.05) is 16.7 Å². The van der Waals surface area contributed by atoms with E-state index in [-0.39, 0.29) is 18.6 Å². The minimum Gasteiger partial charge on any atom is -0.386 e. The molecule has 4 nitrogen and oxygen atoms in total. The molecule has 0 saturated heterocycles. The smallest absolute Gasteiger partial charge is 0.315 e. The van der Waals surface area contributed by atoms with E-state index in [4.69, 9.17) is 11.6 Å². The van der Waals surface area contributed by atoms with Crippen molar-refractivity contribution in [3.63, 3.8) is 0 Å². The van der Waals surface area contributed by atoms with Gasteiger partial charge in [-0.3, -0.25) is 0 Å². The van der Waals surface area contributed by atoms with E-state index in [1.807, 2.05) is 13.2 Å². The second-order valence-corrected chi connectivity index (χ2v) is 6.73. The van der Waals surface area contributed by atoms with Gasteiger partial charge in [-0.15, -0.1) is 11.3 Å². The summed E-state index contributed by atoms with van der Waals surface area (Å²) in [7, 11) is 0. The van der Waals surface area contributed by atoms with E-state index in [9.17, 15) is 9.90 Å². The molecule has 0 aliphatic heterocycles. The summed E-state index contributed by atoms with van der Waals surface area (Å²) in [5.74, 6) is 0.882. The lowest BCUT2D eigenvalue weighted by atomic mass is 10.2. The zero-order chi connectivity index (χ0) is 14.3. The van der Waals surface area contributed by atoms with Gasteiger partial charge in [-0.05, 0) is 24.8 Å². The lowest BCUT2D eigenvalue weighted by Crippen LogP contribution is -2.44. The van der Waals surface area contributed by atoms with Crippen LogP contribution in [0.4, 0.5) is 4.79 Å². The van der Waals surface area contributed by atoms with Crippen molar-refractivity contribution in [2.24, 2.45) is 0 Å². The van der Waals surface area contributed by atoms with Gasteiger partial charge in [0.1, 0.15) is 6.10 Å². The third-order valence-electron chi connectivity index (χ3n) is 2.57. The van der Waals surface area contributed by atoms with Crippen LogP contribution in [-0.4, -0.2) is 35.7 Å². The molecule has 1 heterocycles. The van der Waals surface area contributed by atoms with Gasteiger partial charge in [0.2, 0.25) is 0 Å². The van der Waals surface area contributed by atoms with Crippen LogP contribution >= 0.6 is 34.7 Å². The number of hydrogen-bond donors (Lipinski definition) is 3. The highest BCUT2D eigenvalue weighted by molar-refractivity contribution is 7.98. The van der Waals surface area contributed by atoms with E-state index in [2.05, 4.69) is 10.6 Å². The molecule has 0 aliphatic carbocycles. The molecule has 1 aromatic rings. The summed E-state index contributed by atoms with van der Waals surface area (Å²) in [6.45, 7) is 2.21. The summed E-state index contributed by atoms with van der Waals surface area (Å²) in [5.41, 5.74) is 0. The second kappa shape index (κ2) is 8.68. The minimum atomic E-state index is -0.719. The Morgan fingerprint density at radius 3 is 2.84 bits per heavy atom.